The molecule has 0 bridgehead atoms. The second-order valence-corrected chi connectivity index (χ2v) is 5.12. The van der Waals surface area contributed by atoms with E-state index in [-0.39, 0.29) is 5.69 Å². The Hall–Kier alpha value is -2.41. The van der Waals surface area contributed by atoms with Crippen LogP contribution in [0.4, 0.5) is 0 Å². The van der Waals surface area contributed by atoms with E-state index in [1.165, 1.54) is 10.9 Å². The van der Waals surface area contributed by atoms with Crippen molar-refractivity contribution < 1.29 is 14.7 Å². The Labute approximate surface area is 131 Å². The smallest absolute Gasteiger partial charge is 0.326 e. The fourth-order valence-electron chi connectivity index (χ4n) is 1.89. The molecule has 0 saturated heterocycles. The van der Waals surface area contributed by atoms with Crippen LogP contribution in [-0.4, -0.2) is 38.0 Å². The lowest BCUT2D eigenvalue weighted by Gasteiger charge is -2.11. The number of carboxylic acids is 1. The van der Waals surface area contributed by atoms with Crippen molar-refractivity contribution in [3.05, 3.63) is 41.2 Å². The zero-order valence-electron chi connectivity index (χ0n) is 11.9. The molecule has 116 valence electrons. The number of carbonyl (C=O) groups is 2. The van der Waals surface area contributed by atoms with Gasteiger partial charge in [0.15, 0.2) is 5.69 Å². The predicted molar refractivity (Wildman–Crippen MR) is 80.2 cm³/mol. The van der Waals surface area contributed by atoms with Gasteiger partial charge in [0.25, 0.3) is 5.91 Å². The molecule has 0 saturated carbocycles. The zero-order chi connectivity index (χ0) is 16.1. The highest BCUT2D eigenvalue weighted by Crippen LogP contribution is 2.14. The predicted octanol–water partition coefficient (Wildman–Crippen LogP) is 1.90. The summed E-state index contributed by atoms with van der Waals surface area (Å²) >= 11 is 5.90. The van der Waals surface area contributed by atoms with Gasteiger partial charge in [-0.15, -0.1) is 5.10 Å². The maximum atomic E-state index is 12.0. The van der Waals surface area contributed by atoms with Crippen molar-refractivity contribution in [1.29, 1.82) is 0 Å². The number of aromatic nitrogens is 3. The van der Waals surface area contributed by atoms with Gasteiger partial charge < -0.3 is 10.4 Å². The van der Waals surface area contributed by atoms with Gasteiger partial charge >= 0.3 is 5.97 Å². The van der Waals surface area contributed by atoms with Crippen LogP contribution in [0.5, 0.6) is 0 Å². The number of nitrogens with zero attached hydrogens (tertiary/aromatic N) is 3. The molecule has 1 aromatic carbocycles. The molecule has 1 amide bonds. The first-order chi connectivity index (χ1) is 10.5. The second-order valence-electron chi connectivity index (χ2n) is 4.68. The highest BCUT2D eigenvalue weighted by molar-refractivity contribution is 6.30. The van der Waals surface area contributed by atoms with Gasteiger partial charge in [-0.1, -0.05) is 36.2 Å². The first-order valence-corrected chi connectivity index (χ1v) is 7.11. The van der Waals surface area contributed by atoms with E-state index in [9.17, 15) is 9.59 Å². The number of benzene rings is 1. The van der Waals surface area contributed by atoms with E-state index in [0.717, 1.165) is 0 Å². The molecule has 8 heteroatoms. The van der Waals surface area contributed by atoms with Crippen LogP contribution in [0.1, 0.15) is 30.3 Å². The summed E-state index contributed by atoms with van der Waals surface area (Å²) < 4.78 is 1.40. The standard InChI is InChI=1S/C14H15ClN4O3/c1-2-4-11(14(21)22)16-13(20)12-8-19(18-17-12)10-6-3-5-9(15)7-10/h3,5-8,11H,2,4H2,1H3,(H,16,20)(H,21,22). The summed E-state index contributed by atoms with van der Waals surface area (Å²) in [6.07, 6.45) is 2.42. The maximum Gasteiger partial charge on any atom is 0.326 e. The Bertz CT molecular complexity index is 686. The Kier molecular flexibility index (Phi) is 5.11. The SMILES string of the molecule is CCCC(NC(=O)c1cn(-c2cccc(Cl)c2)nn1)C(=O)O. The summed E-state index contributed by atoms with van der Waals surface area (Å²) in [7, 11) is 0. The van der Waals surface area contributed by atoms with Crippen molar-refractivity contribution in [2.75, 3.05) is 0 Å². The molecule has 1 heterocycles. The number of hydrogen-bond donors (Lipinski definition) is 2. The molecular weight excluding hydrogens is 308 g/mol. The molecule has 22 heavy (non-hydrogen) atoms. The van der Waals surface area contributed by atoms with E-state index in [2.05, 4.69) is 15.6 Å². The van der Waals surface area contributed by atoms with E-state index < -0.39 is 17.9 Å². The van der Waals surface area contributed by atoms with Crippen molar-refractivity contribution >= 4 is 23.5 Å². The highest BCUT2D eigenvalue weighted by Gasteiger charge is 2.21. The largest absolute Gasteiger partial charge is 0.480 e. The molecule has 0 aliphatic rings. The first-order valence-electron chi connectivity index (χ1n) is 6.73. The second kappa shape index (κ2) is 7.04. The van der Waals surface area contributed by atoms with Crippen LogP contribution >= 0.6 is 11.6 Å². The number of nitrogens with one attached hydrogen (secondary N) is 1. The third-order valence-electron chi connectivity index (χ3n) is 2.98. The molecule has 1 atom stereocenters. The summed E-state index contributed by atoms with van der Waals surface area (Å²) in [5.41, 5.74) is 0.699. The summed E-state index contributed by atoms with van der Waals surface area (Å²) in [5.74, 6) is -1.65. The van der Waals surface area contributed by atoms with Crippen molar-refractivity contribution in [3.63, 3.8) is 0 Å². The average Bonchev–Trinajstić information content (AvgIpc) is 2.96. The Morgan fingerprint density at radius 3 is 2.86 bits per heavy atom. The molecule has 2 N–H and O–H groups in total. The Morgan fingerprint density at radius 1 is 1.45 bits per heavy atom. The molecule has 1 aromatic heterocycles. The van der Waals surface area contributed by atoms with Crippen LogP contribution < -0.4 is 5.32 Å². The van der Waals surface area contributed by atoms with Crippen molar-refractivity contribution in [1.82, 2.24) is 20.3 Å². The lowest BCUT2D eigenvalue weighted by Crippen LogP contribution is -2.40. The normalized spacial score (nSPS) is 11.9. The number of carbonyl (C=O) groups excluding carboxylic acids is 1. The number of halogens is 1. The van der Waals surface area contributed by atoms with Gasteiger partial charge in [0, 0.05) is 5.02 Å². The molecule has 0 spiro atoms. The van der Waals surface area contributed by atoms with Crippen LogP contribution in [0.3, 0.4) is 0 Å². The van der Waals surface area contributed by atoms with Gasteiger partial charge in [-0.25, -0.2) is 9.48 Å². The molecule has 0 fully saturated rings. The van der Waals surface area contributed by atoms with Crippen molar-refractivity contribution in [3.8, 4) is 5.69 Å². The van der Waals surface area contributed by atoms with Crippen LogP contribution in [0, 0.1) is 0 Å². The Balaban J connectivity index is 2.13. The highest BCUT2D eigenvalue weighted by atomic mass is 35.5. The van der Waals surface area contributed by atoms with Gasteiger partial charge in [-0.3, -0.25) is 4.79 Å². The summed E-state index contributed by atoms with van der Waals surface area (Å²) in [5, 5.41) is 19.6. The lowest BCUT2D eigenvalue weighted by atomic mass is 10.1. The molecule has 0 aliphatic heterocycles. The van der Waals surface area contributed by atoms with Crippen LogP contribution in [0.2, 0.25) is 5.02 Å². The minimum atomic E-state index is -1.07. The summed E-state index contributed by atoms with van der Waals surface area (Å²) in [6, 6.07) is 5.97. The number of carboxylic acid groups (broad SMARTS) is 1. The van der Waals surface area contributed by atoms with Crippen molar-refractivity contribution in [2.45, 2.75) is 25.8 Å². The number of amides is 1. The topological polar surface area (TPSA) is 97.1 Å². The molecule has 2 rings (SSSR count). The average molecular weight is 323 g/mol. The minimum absolute atomic E-state index is 0.0438. The molecule has 2 aromatic rings. The van der Waals surface area contributed by atoms with E-state index in [1.807, 2.05) is 6.92 Å². The van der Waals surface area contributed by atoms with E-state index in [4.69, 9.17) is 16.7 Å². The van der Waals surface area contributed by atoms with E-state index >= 15 is 0 Å². The zero-order valence-corrected chi connectivity index (χ0v) is 12.6. The minimum Gasteiger partial charge on any atom is -0.480 e. The fourth-order valence-corrected chi connectivity index (χ4v) is 2.08. The monoisotopic (exact) mass is 322 g/mol. The van der Waals surface area contributed by atoms with Crippen LogP contribution in [0.25, 0.3) is 5.69 Å². The summed E-state index contributed by atoms with van der Waals surface area (Å²) in [6.45, 7) is 1.84. The van der Waals surface area contributed by atoms with Gasteiger partial charge in [-0.05, 0) is 24.6 Å². The molecule has 0 radical (unpaired) electrons. The third-order valence-corrected chi connectivity index (χ3v) is 3.21. The number of rotatable bonds is 6. The quantitative estimate of drug-likeness (QED) is 0.846. The van der Waals surface area contributed by atoms with Crippen LogP contribution in [-0.2, 0) is 4.79 Å². The van der Waals surface area contributed by atoms with Crippen molar-refractivity contribution in [2.24, 2.45) is 0 Å². The number of hydrogen-bond acceptors (Lipinski definition) is 4. The Morgan fingerprint density at radius 2 is 2.23 bits per heavy atom. The molecule has 7 nitrogen and oxygen atoms in total. The van der Waals surface area contributed by atoms with E-state index in [1.54, 1.807) is 24.3 Å². The summed E-state index contributed by atoms with van der Waals surface area (Å²) in [4.78, 5) is 23.1. The maximum absolute atomic E-state index is 12.0. The number of aliphatic carboxylic acids is 1. The lowest BCUT2D eigenvalue weighted by molar-refractivity contribution is -0.139. The molecule has 1 unspecified atom stereocenters. The van der Waals surface area contributed by atoms with Crippen LogP contribution in [0.15, 0.2) is 30.5 Å². The van der Waals surface area contributed by atoms with Gasteiger partial charge in [-0.2, -0.15) is 0 Å². The first kappa shape index (κ1) is 16.0. The third kappa shape index (κ3) is 3.82. The molecular formula is C14H15ClN4O3. The molecule has 0 aliphatic carbocycles. The van der Waals surface area contributed by atoms with Gasteiger partial charge in [0.2, 0.25) is 0 Å². The fraction of sp³-hybridized carbons (Fsp3) is 0.286. The van der Waals surface area contributed by atoms with E-state index in [0.29, 0.717) is 23.6 Å². The van der Waals surface area contributed by atoms with Gasteiger partial charge in [0.05, 0.1) is 11.9 Å². The van der Waals surface area contributed by atoms with Gasteiger partial charge in [0.1, 0.15) is 6.04 Å².